The first kappa shape index (κ1) is 23.2. The standard InChI is InChI=1S/C24H24ClN3O4S/c1-4-32-19-11-14(9-10-18(19)31-3)16-12-20(29)26-22-21(16)23(30)27-24(28(22)2)33-13-15-7-5-6-8-17(15)25/h5-11,16H,4,12-13H2,1-3H3,(H,26,29)/t16-/m1/s1. The van der Waals surface area contributed by atoms with Gasteiger partial charge in [-0.1, -0.05) is 47.6 Å². The Morgan fingerprint density at radius 2 is 2.00 bits per heavy atom. The molecule has 1 aliphatic heterocycles. The molecular formula is C24H24ClN3O4S. The molecule has 1 atom stereocenters. The molecule has 1 aromatic heterocycles. The molecule has 0 bridgehead atoms. The van der Waals surface area contributed by atoms with E-state index in [1.54, 1.807) is 24.8 Å². The largest absolute Gasteiger partial charge is 0.493 e. The number of halogens is 1. The maximum absolute atomic E-state index is 13.2. The number of carbonyl (C=O) groups is 1. The van der Waals surface area contributed by atoms with Crippen LogP contribution in [0, 0.1) is 0 Å². The van der Waals surface area contributed by atoms with E-state index in [9.17, 15) is 9.59 Å². The molecule has 9 heteroatoms. The summed E-state index contributed by atoms with van der Waals surface area (Å²) in [4.78, 5) is 30.1. The van der Waals surface area contributed by atoms with E-state index in [1.165, 1.54) is 11.8 Å². The highest BCUT2D eigenvalue weighted by atomic mass is 35.5. The van der Waals surface area contributed by atoms with Crippen molar-refractivity contribution < 1.29 is 14.3 Å². The Kier molecular flexibility index (Phi) is 6.95. The Morgan fingerprint density at radius 1 is 1.21 bits per heavy atom. The monoisotopic (exact) mass is 485 g/mol. The van der Waals surface area contributed by atoms with Gasteiger partial charge in [0.1, 0.15) is 5.82 Å². The van der Waals surface area contributed by atoms with E-state index in [1.807, 2.05) is 43.3 Å². The van der Waals surface area contributed by atoms with E-state index in [0.29, 0.717) is 45.4 Å². The van der Waals surface area contributed by atoms with Gasteiger partial charge in [-0.25, -0.2) is 0 Å². The van der Waals surface area contributed by atoms with Crippen LogP contribution in [-0.4, -0.2) is 29.2 Å². The number of nitrogens with one attached hydrogen (secondary N) is 1. The molecule has 2 heterocycles. The number of thioether (sulfide) groups is 1. The molecule has 0 saturated carbocycles. The number of aromatic nitrogens is 2. The zero-order valence-electron chi connectivity index (χ0n) is 18.6. The van der Waals surface area contributed by atoms with Crippen molar-refractivity contribution in [2.24, 2.45) is 7.05 Å². The van der Waals surface area contributed by atoms with Gasteiger partial charge in [0.15, 0.2) is 16.7 Å². The van der Waals surface area contributed by atoms with Crippen molar-refractivity contribution in [2.75, 3.05) is 19.0 Å². The molecule has 2 aromatic carbocycles. The van der Waals surface area contributed by atoms with Gasteiger partial charge in [0.05, 0.1) is 19.3 Å². The van der Waals surface area contributed by atoms with Crippen LogP contribution in [0.15, 0.2) is 52.4 Å². The molecule has 1 amide bonds. The lowest BCUT2D eigenvalue weighted by molar-refractivity contribution is -0.116. The van der Waals surface area contributed by atoms with Crippen LogP contribution in [0.4, 0.5) is 5.82 Å². The lowest BCUT2D eigenvalue weighted by Gasteiger charge is -2.28. The fraction of sp³-hybridized carbons (Fsp3) is 0.292. The minimum Gasteiger partial charge on any atom is -0.493 e. The van der Waals surface area contributed by atoms with Crippen molar-refractivity contribution in [1.29, 1.82) is 0 Å². The highest BCUT2D eigenvalue weighted by Crippen LogP contribution is 2.39. The molecule has 172 valence electrons. The number of anilines is 1. The molecule has 1 aliphatic rings. The average molecular weight is 486 g/mol. The molecule has 0 unspecified atom stereocenters. The number of ether oxygens (including phenoxy) is 2. The van der Waals surface area contributed by atoms with Gasteiger partial charge in [0.25, 0.3) is 5.56 Å². The third-order valence-electron chi connectivity index (χ3n) is 5.51. The van der Waals surface area contributed by atoms with E-state index in [0.717, 1.165) is 11.1 Å². The minimum absolute atomic E-state index is 0.147. The van der Waals surface area contributed by atoms with Crippen molar-refractivity contribution in [2.45, 2.75) is 30.2 Å². The maximum Gasteiger partial charge on any atom is 0.279 e. The molecule has 0 aliphatic carbocycles. The van der Waals surface area contributed by atoms with Crippen molar-refractivity contribution >= 4 is 35.1 Å². The van der Waals surface area contributed by atoms with Crippen LogP contribution in [0.2, 0.25) is 5.02 Å². The van der Waals surface area contributed by atoms with E-state index < -0.39 is 5.92 Å². The van der Waals surface area contributed by atoms with E-state index in [4.69, 9.17) is 21.1 Å². The molecule has 0 fully saturated rings. The zero-order valence-corrected chi connectivity index (χ0v) is 20.1. The summed E-state index contributed by atoms with van der Waals surface area (Å²) in [5.41, 5.74) is 1.85. The Hall–Kier alpha value is -2.97. The second-order valence-corrected chi connectivity index (χ2v) is 8.90. The summed E-state index contributed by atoms with van der Waals surface area (Å²) in [5.74, 6) is 1.58. The molecule has 0 radical (unpaired) electrons. The second-order valence-electron chi connectivity index (χ2n) is 7.55. The van der Waals surface area contributed by atoms with Crippen molar-refractivity contribution in [3.05, 3.63) is 74.5 Å². The third-order valence-corrected chi connectivity index (χ3v) is 6.95. The normalized spacial score (nSPS) is 15.0. The van der Waals surface area contributed by atoms with Crippen molar-refractivity contribution in [3.63, 3.8) is 0 Å². The zero-order chi connectivity index (χ0) is 23.5. The molecular weight excluding hydrogens is 462 g/mol. The summed E-state index contributed by atoms with van der Waals surface area (Å²) in [6.07, 6.45) is 0.147. The van der Waals surface area contributed by atoms with Crippen LogP contribution in [0.3, 0.4) is 0 Å². The summed E-state index contributed by atoms with van der Waals surface area (Å²) in [6.45, 7) is 2.36. The molecule has 0 spiro atoms. The van der Waals surface area contributed by atoms with Gasteiger partial charge < -0.3 is 19.4 Å². The predicted octanol–water partition coefficient (Wildman–Crippen LogP) is 4.61. The van der Waals surface area contributed by atoms with Crippen LogP contribution in [0.5, 0.6) is 11.5 Å². The minimum atomic E-state index is -0.437. The number of carbonyl (C=O) groups excluding carboxylic acids is 1. The van der Waals surface area contributed by atoms with Crippen molar-refractivity contribution in [1.82, 2.24) is 9.55 Å². The van der Waals surface area contributed by atoms with Crippen LogP contribution >= 0.6 is 23.4 Å². The number of fused-ring (bicyclic) bond motifs is 1. The van der Waals surface area contributed by atoms with Gasteiger partial charge in [-0.05, 0) is 36.2 Å². The fourth-order valence-electron chi connectivity index (χ4n) is 3.89. The van der Waals surface area contributed by atoms with Gasteiger partial charge in [-0.2, -0.15) is 4.98 Å². The van der Waals surface area contributed by atoms with Gasteiger partial charge in [-0.3, -0.25) is 9.59 Å². The van der Waals surface area contributed by atoms with Gasteiger partial charge in [-0.15, -0.1) is 0 Å². The number of benzene rings is 2. The number of methoxy groups -OCH3 is 1. The summed E-state index contributed by atoms with van der Waals surface area (Å²) >= 11 is 7.65. The van der Waals surface area contributed by atoms with Crippen LogP contribution < -0.4 is 20.3 Å². The highest BCUT2D eigenvalue weighted by Gasteiger charge is 2.32. The highest BCUT2D eigenvalue weighted by molar-refractivity contribution is 7.98. The van der Waals surface area contributed by atoms with Gasteiger partial charge in [0, 0.05) is 30.2 Å². The predicted molar refractivity (Wildman–Crippen MR) is 130 cm³/mol. The fourth-order valence-corrected chi connectivity index (χ4v) is 5.14. The third kappa shape index (κ3) is 4.72. The maximum atomic E-state index is 13.2. The smallest absolute Gasteiger partial charge is 0.279 e. The average Bonchev–Trinajstić information content (AvgIpc) is 2.81. The second kappa shape index (κ2) is 9.89. The van der Waals surface area contributed by atoms with Crippen LogP contribution in [-0.2, 0) is 17.6 Å². The molecule has 4 rings (SSSR count). The molecule has 1 N–H and O–H groups in total. The van der Waals surface area contributed by atoms with Crippen LogP contribution in [0.1, 0.15) is 36.0 Å². The van der Waals surface area contributed by atoms with E-state index >= 15 is 0 Å². The lowest BCUT2D eigenvalue weighted by atomic mass is 9.86. The van der Waals surface area contributed by atoms with Gasteiger partial charge >= 0.3 is 0 Å². The van der Waals surface area contributed by atoms with Crippen molar-refractivity contribution in [3.8, 4) is 11.5 Å². The number of hydrogen-bond donors (Lipinski definition) is 1. The molecule has 33 heavy (non-hydrogen) atoms. The first-order valence-corrected chi connectivity index (χ1v) is 11.9. The lowest BCUT2D eigenvalue weighted by Crippen LogP contribution is -2.33. The Balaban J connectivity index is 1.73. The summed E-state index contributed by atoms with van der Waals surface area (Å²) in [6, 6.07) is 13.0. The Labute approximate surface area is 201 Å². The Morgan fingerprint density at radius 3 is 2.73 bits per heavy atom. The number of hydrogen-bond acceptors (Lipinski definition) is 6. The summed E-state index contributed by atoms with van der Waals surface area (Å²) in [5, 5.41) is 4.03. The molecule has 7 nitrogen and oxygen atoms in total. The number of amides is 1. The molecule has 3 aromatic rings. The Bertz CT molecular complexity index is 1260. The quantitative estimate of drug-likeness (QED) is 0.389. The topological polar surface area (TPSA) is 82.5 Å². The van der Waals surface area contributed by atoms with Gasteiger partial charge in [0.2, 0.25) is 5.91 Å². The summed E-state index contributed by atoms with van der Waals surface area (Å²) in [7, 11) is 3.37. The SMILES string of the molecule is CCOc1cc([C@H]2CC(=O)Nc3c2c(=O)nc(SCc2ccccc2Cl)n3C)ccc1OC. The molecule has 0 saturated heterocycles. The summed E-state index contributed by atoms with van der Waals surface area (Å²) < 4.78 is 12.8. The van der Waals surface area contributed by atoms with Crippen LogP contribution in [0.25, 0.3) is 0 Å². The first-order valence-electron chi connectivity index (χ1n) is 10.5. The number of rotatable bonds is 7. The number of nitrogens with zero attached hydrogens (tertiary/aromatic N) is 2. The van der Waals surface area contributed by atoms with E-state index in [-0.39, 0.29) is 17.9 Å². The van der Waals surface area contributed by atoms with E-state index in [2.05, 4.69) is 10.3 Å². The first-order chi connectivity index (χ1) is 15.9.